The molecule has 31 heavy (non-hydrogen) atoms. The number of hydrogen-bond donors (Lipinski definition) is 4. The normalized spacial score (nSPS) is 27.4. The van der Waals surface area contributed by atoms with Crippen LogP contribution in [0.25, 0.3) is 0 Å². The molecule has 1 aliphatic heterocycles. The first-order chi connectivity index (χ1) is 14.3. The smallest absolute Gasteiger partial charge is 0.472 e. The number of aliphatic hydroxyl groups excluding tert-OH is 3. The van der Waals surface area contributed by atoms with Crippen LogP contribution in [-0.2, 0) is 27.9 Å². The van der Waals surface area contributed by atoms with Crippen molar-refractivity contribution >= 4 is 19.6 Å². The highest BCUT2D eigenvalue weighted by Gasteiger charge is 2.42. The highest BCUT2D eigenvalue weighted by atomic mass is 31.2. The number of hydrogen-bond acceptors (Lipinski definition) is 9. The first kappa shape index (κ1) is 25.3. The lowest BCUT2D eigenvalue weighted by Crippen LogP contribution is -2.33. The molecule has 2 aliphatic rings. The summed E-state index contributed by atoms with van der Waals surface area (Å²) in [6.45, 7) is 6.70. The van der Waals surface area contributed by atoms with Gasteiger partial charge in [0.2, 0.25) is 5.76 Å². The van der Waals surface area contributed by atoms with E-state index in [1.165, 1.54) is 0 Å². The van der Waals surface area contributed by atoms with Crippen LogP contribution in [0.3, 0.4) is 0 Å². The van der Waals surface area contributed by atoms with Gasteiger partial charge in [-0.05, 0) is 42.7 Å². The van der Waals surface area contributed by atoms with Gasteiger partial charge in [-0.25, -0.2) is 9.36 Å². The summed E-state index contributed by atoms with van der Waals surface area (Å²) in [7, 11) is -4.79. The number of ketones is 1. The Labute approximate surface area is 180 Å². The minimum absolute atomic E-state index is 0.181. The fourth-order valence-corrected chi connectivity index (χ4v) is 4.43. The Bertz CT molecular complexity index is 869. The number of cyclic esters (lactones) is 1. The molecule has 0 aromatic carbocycles. The summed E-state index contributed by atoms with van der Waals surface area (Å²) < 4.78 is 26.8. The molecule has 174 valence electrons. The topological polar surface area (TPSA) is 160 Å². The molecule has 0 saturated carbocycles. The molecule has 0 spiro atoms. The van der Waals surface area contributed by atoms with Crippen molar-refractivity contribution in [3.05, 3.63) is 34.8 Å². The average Bonchev–Trinajstić information content (AvgIpc) is 2.92. The Morgan fingerprint density at radius 2 is 1.97 bits per heavy atom. The third kappa shape index (κ3) is 5.84. The molecule has 2 rings (SSSR count). The zero-order chi connectivity index (χ0) is 23.6. The van der Waals surface area contributed by atoms with Crippen LogP contribution in [0, 0.1) is 5.41 Å². The summed E-state index contributed by atoms with van der Waals surface area (Å²) in [5, 5.41) is 28.8. The number of carbonyl (C=O) groups excluding carboxylic acids is 2. The van der Waals surface area contributed by atoms with Crippen LogP contribution in [0.2, 0.25) is 0 Å². The first-order valence-electron chi connectivity index (χ1n) is 9.89. The summed E-state index contributed by atoms with van der Waals surface area (Å²) in [5.74, 6) is -3.65. The number of ether oxygens (including phenoxy) is 1. The Morgan fingerprint density at radius 3 is 2.52 bits per heavy atom. The van der Waals surface area contributed by atoms with Crippen molar-refractivity contribution in [3.8, 4) is 0 Å². The van der Waals surface area contributed by atoms with E-state index in [1.54, 1.807) is 6.92 Å². The van der Waals surface area contributed by atoms with Crippen molar-refractivity contribution in [1.29, 1.82) is 0 Å². The molecule has 10 nitrogen and oxygen atoms in total. The van der Waals surface area contributed by atoms with Gasteiger partial charge in [-0.3, -0.25) is 13.8 Å². The molecule has 0 radical (unpaired) electrons. The second-order valence-corrected chi connectivity index (χ2v) is 9.53. The van der Waals surface area contributed by atoms with E-state index < -0.39 is 56.0 Å². The van der Waals surface area contributed by atoms with E-state index in [9.17, 15) is 34.4 Å². The quantitative estimate of drug-likeness (QED) is 0.313. The van der Waals surface area contributed by atoms with E-state index in [0.29, 0.717) is 12.0 Å². The summed E-state index contributed by atoms with van der Waals surface area (Å²) in [6.07, 6.45) is 0.694. The predicted octanol–water partition coefficient (Wildman–Crippen LogP) is 2.77. The zero-order valence-electron chi connectivity index (χ0n) is 17.9. The van der Waals surface area contributed by atoms with Gasteiger partial charge in [0.1, 0.15) is 12.2 Å². The molecule has 4 atom stereocenters. The molecule has 0 aromatic rings. The fraction of sp³-hybridized carbons (Fsp3) is 0.600. The summed E-state index contributed by atoms with van der Waals surface area (Å²) in [4.78, 5) is 34.1. The number of rotatable bonds is 8. The molecule has 0 aromatic heterocycles. The third-order valence-corrected chi connectivity index (χ3v) is 6.30. The molecule has 0 amide bonds. The Hall–Kier alpha value is -1.97. The third-order valence-electron chi connectivity index (χ3n) is 5.30. The lowest BCUT2D eigenvalue weighted by molar-refractivity contribution is -0.147. The van der Waals surface area contributed by atoms with E-state index in [-0.39, 0.29) is 11.8 Å². The number of carbonyl (C=O) groups is 2. The zero-order valence-corrected chi connectivity index (χ0v) is 18.8. The summed E-state index contributed by atoms with van der Waals surface area (Å²) in [5.41, 5.74) is 0.915. The number of phosphoric acid groups is 1. The van der Waals surface area contributed by atoms with Crippen molar-refractivity contribution in [2.45, 2.75) is 65.3 Å². The number of esters is 1. The van der Waals surface area contributed by atoms with Gasteiger partial charge in [-0.2, -0.15) is 0 Å². The van der Waals surface area contributed by atoms with Crippen LogP contribution in [0.4, 0.5) is 0 Å². The fourth-order valence-electron chi connectivity index (χ4n) is 3.50. The van der Waals surface area contributed by atoms with E-state index in [0.717, 1.165) is 12.0 Å². The van der Waals surface area contributed by atoms with Gasteiger partial charge in [0, 0.05) is 0 Å². The summed E-state index contributed by atoms with van der Waals surface area (Å²) >= 11 is 0. The Kier molecular flexibility index (Phi) is 7.89. The van der Waals surface area contributed by atoms with Crippen molar-refractivity contribution in [1.82, 2.24) is 0 Å². The van der Waals surface area contributed by atoms with Gasteiger partial charge >= 0.3 is 13.8 Å². The standard InChI is InChI=1S/C20H29O10P/c1-5-6-7-12-11(2)15(22)14(8-9-20(12,3)4)30-31(26,27)28-10-13(21)18-16(23)17(24)19(25)29-18/h6-7,13-14,18,21,23-24H,5,8-10H2,1-4H3,(H,26,27)/b7-6+/t13-,14?,18+/m0/s1. The highest BCUT2D eigenvalue weighted by Crippen LogP contribution is 2.48. The maximum Gasteiger partial charge on any atom is 0.472 e. The van der Waals surface area contributed by atoms with Crippen LogP contribution >= 0.6 is 7.82 Å². The van der Waals surface area contributed by atoms with E-state index in [1.807, 2.05) is 32.9 Å². The highest BCUT2D eigenvalue weighted by molar-refractivity contribution is 7.47. The van der Waals surface area contributed by atoms with Crippen LogP contribution in [0.1, 0.15) is 47.0 Å². The minimum Gasteiger partial charge on any atom is -0.505 e. The van der Waals surface area contributed by atoms with Gasteiger partial charge < -0.3 is 24.9 Å². The first-order valence-corrected chi connectivity index (χ1v) is 11.4. The van der Waals surface area contributed by atoms with Crippen molar-refractivity contribution in [2.75, 3.05) is 6.61 Å². The van der Waals surface area contributed by atoms with Crippen LogP contribution in [0.5, 0.6) is 0 Å². The minimum atomic E-state index is -4.79. The number of Topliss-reactive ketones (excluding diaryl/α,β-unsaturated/α-hetero) is 1. The van der Waals surface area contributed by atoms with Crippen LogP contribution < -0.4 is 0 Å². The van der Waals surface area contributed by atoms with E-state index in [2.05, 4.69) is 4.74 Å². The van der Waals surface area contributed by atoms with Gasteiger partial charge in [0.05, 0.1) is 6.61 Å². The van der Waals surface area contributed by atoms with E-state index in [4.69, 9.17) is 9.05 Å². The van der Waals surface area contributed by atoms with E-state index >= 15 is 0 Å². The second kappa shape index (κ2) is 9.67. The predicted molar refractivity (Wildman–Crippen MR) is 109 cm³/mol. The molecular weight excluding hydrogens is 431 g/mol. The van der Waals surface area contributed by atoms with Crippen LogP contribution in [-0.4, -0.2) is 56.9 Å². The largest absolute Gasteiger partial charge is 0.505 e. The monoisotopic (exact) mass is 460 g/mol. The maximum atomic E-state index is 12.9. The molecule has 2 unspecified atom stereocenters. The number of phosphoric ester groups is 1. The van der Waals surface area contributed by atoms with Gasteiger partial charge in [0.15, 0.2) is 17.6 Å². The summed E-state index contributed by atoms with van der Waals surface area (Å²) in [6, 6.07) is 0. The van der Waals surface area contributed by atoms with Crippen LogP contribution in [0.15, 0.2) is 34.8 Å². The van der Waals surface area contributed by atoms with Crippen molar-refractivity contribution < 1.29 is 48.2 Å². The van der Waals surface area contributed by atoms with Gasteiger partial charge in [-0.15, -0.1) is 0 Å². The SMILES string of the molecule is CC/C=C/C1=C(C)C(=O)C(OP(=O)(O)OC[C@H](O)[C@H]2OC(=O)C(O)=C2O)CCC1(C)C. The molecule has 4 N–H and O–H groups in total. The maximum absolute atomic E-state index is 12.9. The lowest BCUT2D eigenvalue weighted by atomic mass is 9.79. The Morgan fingerprint density at radius 1 is 1.32 bits per heavy atom. The molecule has 0 bridgehead atoms. The molecule has 0 saturated heterocycles. The number of aliphatic hydroxyl groups is 3. The molecule has 1 heterocycles. The Balaban J connectivity index is 2.08. The average molecular weight is 460 g/mol. The number of allylic oxidation sites excluding steroid dienone is 3. The lowest BCUT2D eigenvalue weighted by Gasteiger charge is -2.26. The molecule has 11 heteroatoms. The van der Waals surface area contributed by atoms with Crippen molar-refractivity contribution in [2.24, 2.45) is 5.41 Å². The van der Waals surface area contributed by atoms with Gasteiger partial charge in [0.25, 0.3) is 0 Å². The second-order valence-electron chi connectivity index (χ2n) is 8.12. The molecular formula is C20H29O10P. The van der Waals surface area contributed by atoms with Crippen molar-refractivity contribution in [3.63, 3.8) is 0 Å². The van der Waals surface area contributed by atoms with Gasteiger partial charge in [-0.1, -0.05) is 32.9 Å². The molecule has 1 aliphatic carbocycles. The molecule has 0 fully saturated rings.